The van der Waals surface area contributed by atoms with Crippen LogP contribution in [0.4, 0.5) is 0 Å². The highest BCUT2D eigenvalue weighted by atomic mass is 31.2. The Balaban J connectivity index is 4.25. The smallest absolute Gasteiger partial charge is 0.268 e. The minimum Gasteiger partial charge on any atom is -0.756 e. The Hall–Kier alpha value is -1.80. The van der Waals surface area contributed by atoms with Crippen molar-refractivity contribution in [2.45, 2.75) is 283 Å². The first-order valence-corrected chi connectivity index (χ1v) is 31.1. The van der Waals surface area contributed by atoms with Gasteiger partial charge in [0, 0.05) is 6.42 Å². The Labute approximate surface area is 434 Å². The molecule has 0 aliphatic carbocycles. The second-order valence-corrected chi connectivity index (χ2v) is 22.7. The molecule has 0 aliphatic rings. The van der Waals surface area contributed by atoms with E-state index in [2.05, 4.69) is 67.8 Å². The van der Waals surface area contributed by atoms with Crippen molar-refractivity contribution in [3.8, 4) is 0 Å². The van der Waals surface area contributed by atoms with Crippen LogP contribution in [0.2, 0.25) is 0 Å². The average Bonchev–Trinajstić information content (AvgIpc) is 3.32. The number of allylic oxidation sites excluding steroid dienone is 9. The first-order valence-electron chi connectivity index (χ1n) is 29.7. The summed E-state index contributed by atoms with van der Waals surface area (Å²) in [6.07, 6.45) is 70.2. The molecule has 3 atom stereocenters. The summed E-state index contributed by atoms with van der Waals surface area (Å²) >= 11 is 0. The van der Waals surface area contributed by atoms with E-state index in [1.807, 2.05) is 27.2 Å². The van der Waals surface area contributed by atoms with Gasteiger partial charge in [-0.1, -0.05) is 248 Å². The lowest BCUT2D eigenvalue weighted by molar-refractivity contribution is -0.870. The van der Waals surface area contributed by atoms with Crippen molar-refractivity contribution in [3.63, 3.8) is 0 Å². The highest BCUT2D eigenvalue weighted by Crippen LogP contribution is 2.38. The van der Waals surface area contributed by atoms with E-state index in [1.165, 1.54) is 199 Å². The molecule has 0 saturated heterocycles. The van der Waals surface area contributed by atoms with Gasteiger partial charge >= 0.3 is 0 Å². The molecular formula is C61H115N2O6P. The summed E-state index contributed by atoms with van der Waals surface area (Å²) in [6, 6.07) is -0.914. The lowest BCUT2D eigenvalue weighted by Crippen LogP contribution is -2.45. The van der Waals surface area contributed by atoms with E-state index >= 15 is 0 Å². The number of aliphatic hydroxyl groups is 1. The summed E-state index contributed by atoms with van der Waals surface area (Å²) in [4.78, 5) is 25.5. The van der Waals surface area contributed by atoms with Crippen LogP contribution in [0.15, 0.2) is 60.8 Å². The van der Waals surface area contributed by atoms with Crippen LogP contribution in [0, 0.1) is 0 Å². The van der Waals surface area contributed by atoms with Gasteiger partial charge in [0.15, 0.2) is 0 Å². The van der Waals surface area contributed by atoms with Crippen LogP contribution < -0.4 is 10.2 Å². The second-order valence-electron chi connectivity index (χ2n) is 21.3. The van der Waals surface area contributed by atoms with Crippen LogP contribution in [-0.2, 0) is 18.4 Å². The standard InChI is InChI=1S/C61H115N2O6P/c1-6-8-10-12-14-16-18-20-22-24-26-28-29-30-31-32-33-35-37-39-41-43-45-47-49-51-53-55-61(65)62-59(58-69-70(66,67)68-57-56-63(3,4)5)60(64)54-52-50-48-46-44-42-40-38-36-34-27-25-23-21-19-17-15-13-11-9-7-2/h26,28,30-31,36,38,44,46,52,54,59-60,64H,6-25,27,29,32-35,37,39-43,45,47-51,53,55-58H2,1-5H3,(H-,62,65,66,67)/b28-26-,31-30-,38-36+,46-44+,54-52+. The van der Waals surface area contributed by atoms with Crippen molar-refractivity contribution in [2.24, 2.45) is 0 Å². The van der Waals surface area contributed by atoms with Gasteiger partial charge in [0.25, 0.3) is 7.82 Å². The number of nitrogens with one attached hydrogen (secondary N) is 1. The first-order chi connectivity index (χ1) is 34.0. The minimum absolute atomic E-state index is 0.0108. The van der Waals surface area contributed by atoms with Crippen molar-refractivity contribution in [2.75, 3.05) is 40.9 Å². The maximum Gasteiger partial charge on any atom is 0.268 e. The van der Waals surface area contributed by atoms with Gasteiger partial charge in [-0.2, -0.15) is 0 Å². The fourth-order valence-corrected chi connectivity index (χ4v) is 9.23. The fourth-order valence-electron chi connectivity index (χ4n) is 8.51. The topological polar surface area (TPSA) is 108 Å². The Morgan fingerprint density at radius 2 is 0.843 bits per heavy atom. The number of hydrogen-bond donors (Lipinski definition) is 2. The molecule has 3 unspecified atom stereocenters. The lowest BCUT2D eigenvalue weighted by Gasteiger charge is -2.29. The normalized spacial score (nSPS) is 14.3. The third-order valence-corrected chi connectivity index (χ3v) is 14.1. The fraction of sp³-hybridized carbons (Fsp3) is 0.820. The number of phosphoric ester groups is 1. The van der Waals surface area contributed by atoms with Crippen molar-refractivity contribution < 1.29 is 32.9 Å². The SMILES string of the molecule is CCCCCCCCCCC/C=C\C/C=C\CCCCCCCCCCCCCC(=O)NC(COP(=O)([O-])OCC[N+](C)(C)C)C(O)/C=C/CC/C=C/CC/C=C/CCCCCCCCCCCCC. The van der Waals surface area contributed by atoms with Crippen LogP contribution in [0.25, 0.3) is 0 Å². The molecule has 0 aromatic rings. The summed E-state index contributed by atoms with van der Waals surface area (Å²) < 4.78 is 23.3. The summed E-state index contributed by atoms with van der Waals surface area (Å²) in [5.41, 5.74) is 0. The highest BCUT2D eigenvalue weighted by molar-refractivity contribution is 7.45. The number of phosphoric acid groups is 1. The van der Waals surface area contributed by atoms with Crippen molar-refractivity contribution in [1.29, 1.82) is 0 Å². The van der Waals surface area contributed by atoms with Gasteiger partial charge in [0.05, 0.1) is 39.9 Å². The molecule has 8 nitrogen and oxygen atoms in total. The number of carbonyl (C=O) groups is 1. The van der Waals surface area contributed by atoms with Gasteiger partial charge < -0.3 is 28.8 Å². The van der Waals surface area contributed by atoms with E-state index < -0.39 is 26.6 Å². The number of amides is 1. The number of likely N-dealkylation sites (N-methyl/N-ethyl adjacent to an activating group) is 1. The van der Waals surface area contributed by atoms with E-state index in [9.17, 15) is 19.4 Å². The Morgan fingerprint density at radius 1 is 0.500 bits per heavy atom. The maximum atomic E-state index is 13.0. The van der Waals surface area contributed by atoms with E-state index in [0.29, 0.717) is 17.4 Å². The van der Waals surface area contributed by atoms with Crippen LogP contribution in [-0.4, -0.2) is 68.5 Å². The highest BCUT2D eigenvalue weighted by Gasteiger charge is 2.23. The maximum absolute atomic E-state index is 13.0. The molecule has 0 aromatic carbocycles. The van der Waals surface area contributed by atoms with Crippen molar-refractivity contribution in [3.05, 3.63) is 60.8 Å². The number of nitrogens with zero attached hydrogens (tertiary/aromatic N) is 1. The molecule has 0 fully saturated rings. The minimum atomic E-state index is -4.61. The molecule has 2 N–H and O–H groups in total. The summed E-state index contributed by atoms with van der Waals surface area (Å²) in [5.74, 6) is -0.213. The molecular weight excluding hydrogens is 888 g/mol. The second kappa shape index (κ2) is 52.1. The van der Waals surface area contributed by atoms with Gasteiger partial charge in [-0.05, 0) is 77.0 Å². The quantitative estimate of drug-likeness (QED) is 0.0272. The largest absolute Gasteiger partial charge is 0.756 e. The number of unbranched alkanes of at least 4 members (excludes halogenated alkanes) is 33. The molecule has 0 aliphatic heterocycles. The summed E-state index contributed by atoms with van der Waals surface area (Å²) in [7, 11) is 1.23. The molecule has 0 radical (unpaired) electrons. The number of aliphatic hydroxyl groups excluding tert-OH is 1. The van der Waals surface area contributed by atoms with Gasteiger partial charge in [-0.25, -0.2) is 0 Å². The molecule has 410 valence electrons. The lowest BCUT2D eigenvalue weighted by atomic mass is 10.0. The van der Waals surface area contributed by atoms with Gasteiger partial charge in [-0.15, -0.1) is 0 Å². The molecule has 0 rings (SSSR count). The van der Waals surface area contributed by atoms with Crippen LogP contribution in [0.1, 0.15) is 271 Å². The first kappa shape index (κ1) is 68.2. The van der Waals surface area contributed by atoms with Crippen molar-refractivity contribution >= 4 is 13.7 Å². The Morgan fingerprint density at radius 3 is 1.24 bits per heavy atom. The van der Waals surface area contributed by atoms with Crippen LogP contribution >= 0.6 is 7.82 Å². The van der Waals surface area contributed by atoms with Crippen LogP contribution in [0.5, 0.6) is 0 Å². The molecule has 0 saturated carbocycles. The zero-order valence-corrected chi connectivity index (χ0v) is 47.6. The number of hydrogen-bond acceptors (Lipinski definition) is 6. The molecule has 70 heavy (non-hydrogen) atoms. The van der Waals surface area contributed by atoms with E-state index in [-0.39, 0.29) is 12.5 Å². The van der Waals surface area contributed by atoms with Gasteiger partial charge in [-0.3, -0.25) is 9.36 Å². The van der Waals surface area contributed by atoms with Gasteiger partial charge in [0.1, 0.15) is 13.2 Å². The van der Waals surface area contributed by atoms with Crippen LogP contribution in [0.3, 0.4) is 0 Å². The van der Waals surface area contributed by atoms with Crippen molar-refractivity contribution in [1.82, 2.24) is 5.32 Å². The molecule has 0 bridgehead atoms. The zero-order valence-electron chi connectivity index (χ0n) is 46.7. The molecule has 0 spiro atoms. The molecule has 9 heteroatoms. The third kappa shape index (κ3) is 54.0. The molecule has 0 heterocycles. The molecule has 0 aromatic heterocycles. The summed E-state index contributed by atoms with van der Waals surface area (Å²) in [5, 5.41) is 13.9. The number of quaternary nitrogens is 1. The Kier molecular flexibility index (Phi) is 50.7. The monoisotopic (exact) mass is 1000 g/mol. The van der Waals surface area contributed by atoms with Gasteiger partial charge in [0.2, 0.25) is 5.91 Å². The van der Waals surface area contributed by atoms with E-state index in [4.69, 9.17) is 9.05 Å². The number of rotatable bonds is 54. The zero-order chi connectivity index (χ0) is 51.3. The molecule has 1 amide bonds. The predicted octanol–water partition coefficient (Wildman–Crippen LogP) is 17.5. The summed E-state index contributed by atoms with van der Waals surface area (Å²) in [6.45, 7) is 4.64. The Bertz CT molecular complexity index is 1320. The third-order valence-electron chi connectivity index (χ3n) is 13.2. The average molecular weight is 1000 g/mol. The van der Waals surface area contributed by atoms with E-state index in [1.54, 1.807) is 6.08 Å². The number of carbonyl (C=O) groups excluding carboxylic acids is 1. The van der Waals surface area contributed by atoms with E-state index in [0.717, 1.165) is 51.4 Å². The predicted molar refractivity (Wildman–Crippen MR) is 302 cm³/mol.